The van der Waals surface area contributed by atoms with Crippen LogP contribution in [0.4, 0.5) is 0 Å². The molecule has 1 atom stereocenters. The van der Waals surface area contributed by atoms with Crippen LogP contribution in [-0.2, 0) is 14.3 Å². The molecule has 5 heteroatoms. The molecule has 0 radical (unpaired) electrons. The number of carbonyl (C=O) groups is 1. The second-order valence-corrected chi connectivity index (χ2v) is 4.06. The summed E-state index contributed by atoms with van der Waals surface area (Å²) in [7, 11) is 0. The molecule has 0 saturated carbocycles. The van der Waals surface area contributed by atoms with Crippen molar-refractivity contribution < 1.29 is 14.3 Å². The van der Waals surface area contributed by atoms with Gasteiger partial charge in [0.1, 0.15) is 5.38 Å². The average Bonchev–Trinajstić information content (AvgIpc) is 2.79. The van der Waals surface area contributed by atoms with Crippen molar-refractivity contribution in [2.75, 3.05) is 19.8 Å². The van der Waals surface area contributed by atoms with E-state index in [2.05, 4.69) is 5.32 Å². The molecule has 0 aliphatic carbocycles. The van der Waals surface area contributed by atoms with Crippen LogP contribution in [0.3, 0.4) is 0 Å². The highest BCUT2D eigenvalue weighted by molar-refractivity contribution is 6.30. The van der Waals surface area contributed by atoms with Crippen molar-refractivity contribution in [3.8, 4) is 0 Å². The molecule has 1 saturated heterocycles. The van der Waals surface area contributed by atoms with Gasteiger partial charge in [0.25, 0.3) is 0 Å². The highest BCUT2D eigenvalue weighted by atomic mass is 35.5. The van der Waals surface area contributed by atoms with Gasteiger partial charge in [-0.15, -0.1) is 11.6 Å². The van der Waals surface area contributed by atoms with Crippen molar-refractivity contribution in [2.45, 2.75) is 31.4 Å². The first-order chi connectivity index (χ1) is 7.74. The Morgan fingerprint density at radius 1 is 1.56 bits per heavy atom. The highest BCUT2D eigenvalue weighted by Gasteiger charge is 2.19. The van der Waals surface area contributed by atoms with Gasteiger partial charge in [-0.1, -0.05) is 12.2 Å². The zero-order valence-corrected chi connectivity index (χ0v) is 10.2. The second-order valence-electron chi connectivity index (χ2n) is 3.53. The molecule has 1 fully saturated rings. The number of allylic oxidation sites excluding steroid dienone is 2. The molecule has 0 aromatic carbocycles. The summed E-state index contributed by atoms with van der Waals surface area (Å²) in [5.41, 5.74) is 0. The van der Waals surface area contributed by atoms with Crippen molar-refractivity contribution in [1.82, 2.24) is 5.32 Å². The molecule has 1 rings (SSSR count). The van der Waals surface area contributed by atoms with Crippen LogP contribution in [0.1, 0.15) is 19.8 Å². The fourth-order valence-electron chi connectivity index (χ4n) is 1.36. The van der Waals surface area contributed by atoms with E-state index in [4.69, 9.17) is 21.1 Å². The predicted molar refractivity (Wildman–Crippen MR) is 62.4 cm³/mol. The molecule has 4 nitrogen and oxygen atoms in total. The Labute approximate surface area is 101 Å². The zero-order chi connectivity index (χ0) is 11.8. The molecule has 0 spiro atoms. The minimum Gasteiger partial charge on any atom is -0.350 e. The van der Waals surface area contributed by atoms with E-state index in [-0.39, 0.29) is 12.2 Å². The van der Waals surface area contributed by atoms with Crippen LogP contribution >= 0.6 is 11.6 Å². The van der Waals surface area contributed by atoms with E-state index in [1.807, 2.05) is 19.1 Å². The Morgan fingerprint density at radius 2 is 2.25 bits per heavy atom. The Balaban J connectivity index is 2.12. The van der Waals surface area contributed by atoms with Crippen molar-refractivity contribution >= 4 is 17.5 Å². The van der Waals surface area contributed by atoms with Crippen LogP contribution in [0.2, 0.25) is 0 Å². The first kappa shape index (κ1) is 13.5. The standard InChI is InChI=1S/C11H18ClNO3/c1-2-3-4-5-9(12)11(14)13-8-10-15-6-7-16-10/h2-3,9-10H,4-8H2,1H3,(H,13,14). The predicted octanol–water partition coefficient (Wildman–Crippen LogP) is 1.44. The molecule has 92 valence electrons. The first-order valence-electron chi connectivity index (χ1n) is 5.50. The van der Waals surface area contributed by atoms with Gasteiger partial charge >= 0.3 is 0 Å². The molecule has 1 aliphatic heterocycles. The summed E-state index contributed by atoms with van der Waals surface area (Å²) in [6.07, 6.45) is 5.08. The minimum absolute atomic E-state index is 0.162. The normalized spacial score (nSPS) is 19.1. The summed E-state index contributed by atoms with van der Waals surface area (Å²) >= 11 is 5.92. The largest absolute Gasteiger partial charge is 0.350 e. The maximum absolute atomic E-state index is 11.5. The average molecular weight is 248 g/mol. The fraction of sp³-hybridized carbons (Fsp3) is 0.727. The molecular formula is C11H18ClNO3. The molecular weight excluding hydrogens is 230 g/mol. The van der Waals surface area contributed by atoms with Crippen LogP contribution in [0.5, 0.6) is 0 Å². The molecule has 1 N–H and O–H groups in total. The molecule has 0 aromatic heterocycles. The van der Waals surface area contributed by atoms with Gasteiger partial charge < -0.3 is 14.8 Å². The van der Waals surface area contributed by atoms with Crippen LogP contribution in [0.15, 0.2) is 12.2 Å². The number of carbonyl (C=O) groups excluding carboxylic acids is 1. The Morgan fingerprint density at radius 3 is 2.88 bits per heavy atom. The summed E-state index contributed by atoms with van der Waals surface area (Å²) in [6, 6.07) is 0. The number of alkyl halides is 1. The number of hydrogen-bond donors (Lipinski definition) is 1. The van der Waals surface area contributed by atoms with Crippen molar-refractivity contribution in [1.29, 1.82) is 0 Å². The summed E-state index contributed by atoms with van der Waals surface area (Å²) < 4.78 is 10.4. The van der Waals surface area contributed by atoms with Gasteiger partial charge in [0, 0.05) is 0 Å². The quantitative estimate of drug-likeness (QED) is 0.571. The van der Waals surface area contributed by atoms with Crippen LogP contribution < -0.4 is 5.32 Å². The summed E-state index contributed by atoms with van der Waals surface area (Å²) in [5.74, 6) is -0.162. The maximum Gasteiger partial charge on any atom is 0.238 e. The third kappa shape index (κ3) is 4.96. The topological polar surface area (TPSA) is 47.6 Å². The van der Waals surface area contributed by atoms with E-state index >= 15 is 0 Å². The highest BCUT2D eigenvalue weighted by Crippen LogP contribution is 2.07. The summed E-state index contributed by atoms with van der Waals surface area (Å²) in [6.45, 7) is 3.49. The Kier molecular flexibility index (Phi) is 6.45. The smallest absolute Gasteiger partial charge is 0.238 e. The summed E-state index contributed by atoms with van der Waals surface area (Å²) in [4.78, 5) is 11.5. The molecule has 1 aliphatic rings. The molecule has 0 aromatic rings. The lowest BCUT2D eigenvalue weighted by Gasteiger charge is -2.12. The SMILES string of the molecule is CC=CCCC(Cl)C(=O)NCC1OCCO1. The van der Waals surface area contributed by atoms with Gasteiger partial charge in [-0.05, 0) is 19.8 Å². The monoisotopic (exact) mass is 247 g/mol. The second kappa shape index (κ2) is 7.65. The van der Waals surface area contributed by atoms with Gasteiger partial charge in [0.15, 0.2) is 6.29 Å². The van der Waals surface area contributed by atoms with E-state index in [0.717, 1.165) is 6.42 Å². The van der Waals surface area contributed by atoms with Gasteiger partial charge in [0.05, 0.1) is 19.8 Å². The van der Waals surface area contributed by atoms with E-state index in [1.54, 1.807) is 0 Å². The van der Waals surface area contributed by atoms with Gasteiger partial charge in [-0.2, -0.15) is 0 Å². The number of ether oxygens (including phenoxy) is 2. The summed E-state index contributed by atoms with van der Waals surface area (Å²) in [5, 5.41) is 2.22. The van der Waals surface area contributed by atoms with Crippen LogP contribution in [-0.4, -0.2) is 37.3 Å². The van der Waals surface area contributed by atoms with Gasteiger partial charge in [0.2, 0.25) is 5.91 Å². The first-order valence-corrected chi connectivity index (χ1v) is 5.94. The Bertz CT molecular complexity index is 239. The van der Waals surface area contributed by atoms with Crippen molar-refractivity contribution in [2.24, 2.45) is 0 Å². The third-order valence-electron chi connectivity index (χ3n) is 2.24. The number of rotatable bonds is 6. The lowest BCUT2D eigenvalue weighted by molar-refractivity contribution is -0.123. The molecule has 16 heavy (non-hydrogen) atoms. The number of nitrogens with one attached hydrogen (secondary N) is 1. The number of halogens is 1. The number of amides is 1. The molecule has 1 heterocycles. The van der Waals surface area contributed by atoms with E-state index in [9.17, 15) is 4.79 Å². The van der Waals surface area contributed by atoms with Crippen molar-refractivity contribution in [3.63, 3.8) is 0 Å². The van der Waals surface area contributed by atoms with Crippen LogP contribution in [0.25, 0.3) is 0 Å². The lowest BCUT2D eigenvalue weighted by atomic mass is 10.2. The zero-order valence-electron chi connectivity index (χ0n) is 9.45. The Hall–Kier alpha value is -0.580. The minimum atomic E-state index is -0.488. The van der Waals surface area contributed by atoms with E-state index < -0.39 is 5.38 Å². The molecule has 1 amide bonds. The molecule has 1 unspecified atom stereocenters. The van der Waals surface area contributed by atoms with Crippen LogP contribution in [0, 0.1) is 0 Å². The third-order valence-corrected chi connectivity index (χ3v) is 2.66. The van der Waals surface area contributed by atoms with Gasteiger partial charge in [-0.25, -0.2) is 0 Å². The lowest BCUT2D eigenvalue weighted by Crippen LogP contribution is -2.37. The van der Waals surface area contributed by atoms with Gasteiger partial charge in [-0.3, -0.25) is 4.79 Å². The van der Waals surface area contributed by atoms with E-state index in [0.29, 0.717) is 26.2 Å². The van der Waals surface area contributed by atoms with Crippen molar-refractivity contribution in [3.05, 3.63) is 12.2 Å². The number of hydrogen-bond acceptors (Lipinski definition) is 3. The maximum atomic E-state index is 11.5. The molecule has 0 bridgehead atoms. The fourth-order valence-corrected chi connectivity index (χ4v) is 1.56. The van der Waals surface area contributed by atoms with E-state index in [1.165, 1.54) is 0 Å².